The number of hydrogen-bond donors (Lipinski definition) is 1. The molecule has 1 aliphatic heterocycles. The number of benzene rings is 1. The molecule has 2 heterocycles. The molecule has 9 heteroatoms. The first-order valence-electron chi connectivity index (χ1n) is 8.80. The highest BCUT2D eigenvalue weighted by molar-refractivity contribution is 5.99. The standard InChI is InChI=1S/C18H20FN3O5/c1-2-12(21-18(25)26-10-14(23)22-8-3-4-9-22)15(24)17-20-13-7-5-6-11(19)16(13)27-17/h5-7,12H,2-4,8-10H2,1H3,(H,21,25). The van der Waals surface area contributed by atoms with Crippen LogP contribution in [0.5, 0.6) is 0 Å². The van der Waals surface area contributed by atoms with E-state index in [4.69, 9.17) is 9.15 Å². The zero-order valence-electron chi connectivity index (χ0n) is 14.9. The first-order valence-corrected chi connectivity index (χ1v) is 8.80. The van der Waals surface area contributed by atoms with Crippen LogP contribution in [0, 0.1) is 5.82 Å². The van der Waals surface area contributed by atoms with Gasteiger partial charge in [0.2, 0.25) is 5.78 Å². The molecule has 1 saturated heterocycles. The molecule has 1 unspecified atom stereocenters. The quantitative estimate of drug-likeness (QED) is 0.775. The highest BCUT2D eigenvalue weighted by Gasteiger charge is 2.27. The van der Waals surface area contributed by atoms with Gasteiger partial charge in [-0.1, -0.05) is 13.0 Å². The third-order valence-corrected chi connectivity index (χ3v) is 4.38. The smallest absolute Gasteiger partial charge is 0.408 e. The van der Waals surface area contributed by atoms with E-state index in [-0.39, 0.29) is 35.9 Å². The largest absolute Gasteiger partial charge is 0.439 e. The summed E-state index contributed by atoms with van der Waals surface area (Å²) in [6, 6.07) is 3.21. The van der Waals surface area contributed by atoms with Gasteiger partial charge in [-0.05, 0) is 31.4 Å². The molecule has 1 aromatic heterocycles. The summed E-state index contributed by atoms with van der Waals surface area (Å²) in [5.74, 6) is -1.79. The monoisotopic (exact) mass is 377 g/mol. The van der Waals surface area contributed by atoms with Crippen molar-refractivity contribution in [2.24, 2.45) is 0 Å². The number of Topliss-reactive ketones (excluding diaryl/α,β-unsaturated/α-hetero) is 1. The van der Waals surface area contributed by atoms with E-state index >= 15 is 0 Å². The van der Waals surface area contributed by atoms with E-state index in [1.54, 1.807) is 11.8 Å². The Morgan fingerprint density at radius 3 is 2.74 bits per heavy atom. The second kappa shape index (κ2) is 8.15. The average Bonchev–Trinajstić information content (AvgIpc) is 3.34. The lowest BCUT2D eigenvalue weighted by Gasteiger charge is -2.17. The van der Waals surface area contributed by atoms with Gasteiger partial charge in [-0.15, -0.1) is 0 Å². The number of rotatable bonds is 6. The number of alkyl carbamates (subject to hydrolysis) is 1. The molecule has 1 atom stereocenters. The summed E-state index contributed by atoms with van der Waals surface area (Å²) in [5, 5.41) is 2.39. The summed E-state index contributed by atoms with van der Waals surface area (Å²) < 4.78 is 23.8. The van der Waals surface area contributed by atoms with Crippen LogP contribution in [-0.2, 0) is 9.53 Å². The summed E-state index contributed by atoms with van der Waals surface area (Å²) in [6.45, 7) is 2.62. The van der Waals surface area contributed by atoms with Gasteiger partial charge in [0.1, 0.15) is 11.6 Å². The van der Waals surface area contributed by atoms with Gasteiger partial charge >= 0.3 is 6.09 Å². The van der Waals surface area contributed by atoms with Crippen LogP contribution in [-0.4, -0.2) is 53.4 Å². The number of carbonyl (C=O) groups is 3. The zero-order valence-corrected chi connectivity index (χ0v) is 14.9. The lowest BCUT2D eigenvalue weighted by atomic mass is 10.1. The number of amides is 2. The van der Waals surface area contributed by atoms with Crippen molar-refractivity contribution in [2.45, 2.75) is 32.2 Å². The molecule has 144 valence electrons. The lowest BCUT2D eigenvalue weighted by molar-refractivity contribution is -0.133. The van der Waals surface area contributed by atoms with Gasteiger partial charge in [0.25, 0.3) is 11.8 Å². The van der Waals surface area contributed by atoms with Gasteiger partial charge in [-0.25, -0.2) is 14.2 Å². The number of hydrogen-bond acceptors (Lipinski definition) is 6. The Balaban J connectivity index is 1.59. The van der Waals surface area contributed by atoms with Crippen LogP contribution >= 0.6 is 0 Å². The molecule has 8 nitrogen and oxygen atoms in total. The second-order valence-electron chi connectivity index (χ2n) is 6.24. The Bertz CT molecular complexity index is 860. The molecular weight excluding hydrogens is 357 g/mol. The van der Waals surface area contributed by atoms with Crippen LogP contribution in [0.25, 0.3) is 11.1 Å². The number of nitrogens with zero attached hydrogens (tertiary/aromatic N) is 2. The van der Waals surface area contributed by atoms with Crippen molar-refractivity contribution in [3.63, 3.8) is 0 Å². The van der Waals surface area contributed by atoms with Crippen molar-refractivity contribution < 1.29 is 27.9 Å². The van der Waals surface area contributed by atoms with Crippen LogP contribution in [0.15, 0.2) is 22.6 Å². The normalized spacial score (nSPS) is 15.0. The van der Waals surface area contributed by atoms with Crippen molar-refractivity contribution in [1.82, 2.24) is 15.2 Å². The maximum atomic E-state index is 13.7. The fourth-order valence-corrected chi connectivity index (χ4v) is 2.89. The van der Waals surface area contributed by atoms with Gasteiger partial charge < -0.3 is 19.4 Å². The molecule has 1 N–H and O–H groups in total. The van der Waals surface area contributed by atoms with Crippen molar-refractivity contribution >= 4 is 28.9 Å². The van der Waals surface area contributed by atoms with Gasteiger partial charge in [0.15, 0.2) is 18.0 Å². The molecule has 27 heavy (non-hydrogen) atoms. The number of carbonyl (C=O) groups excluding carboxylic acids is 3. The predicted molar refractivity (Wildman–Crippen MR) is 92.7 cm³/mol. The SMILES string of the molecule is CCC(NC(=O)OCC(=O)N1CCCC1)C(=O)c1nc2cccc(F)c2o1. The van der Waals surface area contributed by atoms with E-state index in [0.29, 0.717) is 13.1 Å². The topological polar surface area (TPSA) is 102 Å². The number of oxazole rings is 1. The first-order chi connectivity index (χ1) is 13.0. The summed E-state index contributed by atoms with van der Waals surface area (Å²) in [7, 11) is 0. The lowest BCUT2D eigenvalue weighted by Crippen LogP contribution is -2.42. The Labute approximate surface area is 154 Å². The minimum Gasteiger partial charge on any atom is -0.439 e. The highest BCUT2D eigenvalue weighted by atomic mass is 19.1. The predicted octanol–water partition coefficient (Wildman–Crippen LogP) is 2.28. The first kappa shape index (κ1) is 18.8. The molecule has 0 radical (unpaired) electrons. The molecule has 2 aromatic rings. The van der Waals surface area contributed by atoms with E-state index in [1.807, 2.05) is 0 Å². The minimum absolute atomic E-state index is 0.116. The molecular formula is C18H20FN3O5. The molecule has 3 rings (SSSR count). The second-order valence-corrected chi connectivity index (χ2v) is 6.24. The molecule has 1 aromatic carbocycles. The van der Waals surface area contributed by atoms with Gasteiger partial charge in [0.05, 0.1) is 0 Å². The third kappa shape index (κ3) is 4.24. The van der Waals surface area contributed by atoms with Crippen molar-refractivity contribution in [3.8, 4) is 0 Å². The number of likely N-dealkylation sites (tertiary alicyclic amines) is 1. The van der Waals surface area contributed by atoms with Gasteiger partial charge in [-0.3, -0.25) is 9.59 Å². The summed E-state index contributed by atoms with van der Waals surface area (Å²) in [6.07, 6.45) is 1.24. The molecule has 1 aliphatic rings. The number of nitrogens with one attached hydrogen (secondary N) is 1. The highest BCUT2D eigenvalue weighted by Crippen LogP contribution is 2.20. The number of ether oxygens (including phenoxy) is 1. The van der Waals surface area contributed by atoms with Crippen LogP contribution < -0.4 is 5.32 Å². The molecule has 0 bridgehead atoms. The van der Waals surface area contributed by atoms with Crippen LogP contribution in [0.2, 0.25) is 0 Å². The zero-order chi connectivity index (χ0) is 19.4. The number of fused-ring (bicyclic) bond motifs is 1. The maximum absolute atomic E-state index is 13.7. The number of halogens is 1. The van der Waals surface area contributed by atoms with E-state index in [2.05, 4.69) is 10.3 Å². The van der Waals surface area contributed by atoms with E-state index in [0.717, 1.165) is 12.8 Å². The van der Waals surface area contributed by atoms with E-state index in [9.17, 15) is 18.8 Å². The van der Waals surface area contributed by atoms with Crippen molar-refractivity contribution in [1.29, 1.82) is 0 Å². The number of aromatic nitrogens is 1. The Morgan fingerprint density at radius 1 is 1.33 bits per heavy atom. The number of para-hydroxylation sites is 1. The summed E-state index contributed by atoms with van der Waals surface area (Å²) >= 11 is 0. The van der Waals surface area contributed by atoms with Crippen molar-refractivity contribution in [2.75, 3.05) is 19.7 Å². The fourth-order valence-electron chi connectivity index (χ4n) is 2.89. The molecule has 0 saturated carbocycles. The van der Waals surface area contributed by atoms with Crippen molar-refractivity contribution in [3.05, 3.63) is 29.9 Å². The summed E-state index contributed by atoms with van der Waals surface area (Å²) in [5.41, 5.74) is 0.0986. The molecule has 2 amide bonds. The Hall–Kier alpha value is -2.97. The van der Waals surface area contributed by atoms with Crippen LogP contribution in [0.1, 0.15) is 36.9 Å². The minimum atomic E-state index is -0.962. The summed E-state index contributed by atoms with van der Waals surface area (Å²) in [4.78, 5) is 41.9. The van der Waals surface area contributed by atoms with Crippen LogP contribution in [0.4, 0.5) is 9.18 Å². The van der Waals surface area contributed by atoms with Gasteiger partial charge in [0, 0.05) is 13.1 Å². The maximum Gasteiger partial charge on any atom is 0.408 e. The Morgan fingerprint density at radius 2 is 2.07 bits per heavy atom. The number of ketones is 1. The van der Waals surface area contributed by atoms with E-state index in [1.165, 1.54) is 18.2 Å². The molecule has 0 aliphatic carbocycles. The molecule has 1 fully saturated rings. The fraction of sp³-hybridized carbons (Fsp3) is 0.444. The van der Waals surface area contributed by atoms with E-state index < -0.39 is 23.7 Å². The average molecular weight is 377 g/mol. The van der Waals surface area contributed by atoms with Crippen LogP contribution in [0.3, 0.4) is 0 Å². The molecule has 0 spiro atoms. The Kier molecular flexibility index (Phi) is 5.68. The van der Waals surface area contributed by atoms with Gasteiger partial charge in [-0.2, -0.15) is 0 Å². The third-order valence-electron chi connectivity index (χ3n) is 4.38.